The number of alkyl halides is 12. The number of carbonyl (C=O) groups is 2. The Morgan fingerprint density at radius 3 is 1.98 bits per heavy atom. The summed E-state index contributed by atoms with van der Waals surface area (Å²) in [5, 5.41) is 0. The van der Waals surface area contributed by atoms with E-state index in [-0.39, 0.29) is 11.6 Å². The molecular formula is C26H14F13IN2O2. The van der Waals surface area contributed by atoms with E-state index < -0.39 is 97.8 Å². The number of nitrogens with zero attached hydrogens (tertiary/aromatic N) is 2. The number of ketones is 1. The number of halogens is 14. The van der Waals surface area contributed by atoms with Crippen LogP contribution in [0.5, 0.6) is 0 Å². The number of rotatable bonds is 7. The third-order valence-electron chi connectivity index (χ3n) is 6.22. The van der Waals surface area contributed by atoms with E-state index >= 15 is 4.39 Å². The van der Waals surface area contributed by atoms with Gasteiger partial charge in [-0.15, -0.1) is 0 Å². The van der Waals surface area contributed by atoms with E-state index in [0.29, 0.717) is 4.90 Å². The van der Waals surface area contributed by atoms with Gasteiger partial charge in [0.2, 0.25) is 0 Å². The van der Waals surface area contributed by atoms with E-state index in [4.69, 9.17) is 0 Å². The van der Waals surface area contributed by atoms with E-state index in [1.54, 1.807) is 0 Å². The Morgan fingerprint density at radius 1 is 0.909 bits per heavy atom. The summed E-state index contributed by atoms with van der Waals surface area (Å²) in [6.07, 6.45) is -22.7. The molecule has 44 heavy (non-hydrogen) atoms. The van der Waals surface area contributed by atoms with Crippen molar-refractivity contribution in [3.8, 4) is 0 Å². The van der Waals surface area contributed by atoms with E-state index in [1.165, 1.54) is 0 Å². The molecule has 0 fully saturated rings. The molecule has 0 radical (unpaired) electrons. The maximum atomic E-state index is 15.4. The standard InChI is InChI=1S/C26H14F13IN2O2/c1-42(22(44)11-5-6-17(21(28)29)41-10-11)18-4-2-3-13(20(18)27)19(43)9-14-15(24(31,32)33)7-12(8-16(14)40)23(30,25(34,35)36)26(37,38)39/h2-8,10,21H,9H2,1H3. The van der Waals surface area contributed by atoms with Gasteiger partial charge in [-0.2, -0.15) is 39.5 Å². The van der Waals surface area contributed by atoms with Crippen LogP contribution in [0, 0.1) is 9.39 Å². The van der Waals surface area contributed by atoms with Crippen molar-refractivity contribution in [2.24, 2.45) is 0 Å². The molecule has 238 valence electrons. The monoisotopic (exact) mass is 760 g/mol. The van der Waals surface area contributed by atoms with Crippen molar-refractivity contribution in [3.63, 3.8) is 0 Å². The Morgan fingerprint density at radius 2 is 1.50 bits per heavy atom. The van der Waals surface area contributed by atoms with Crippen LogP contribution in [-0.4, -0.2) is 36.1 Å². The van der Waals surface area contributed by atoms with Gasteiger partial charge in [0.15, 0.2) is 11.6 Å². The molecule has 0 bridgehead atoms. The number of hydrogen-bond acceptors (Lipinski definition) is 3. The van der Waals surface area contributed by atoms with Crippen LogP contribution in [0.25, 0.3) is 0 Å². The van der Waals surface area contributed by atoms with Gasteiger partial charge in [0.1, 0.15) is 5.69 Å². The average molecular weight is 760 g/mol. The number of hydrogen-bond donors (Lipinski definition) is 0. The maximum absolute atomic E-state index is 15.4. The number of aromatic nitrogens is 1. The normalized spacial score (nSPS) is 12.9. The van der Waals surface area contributed by atoms with Crippen molar-refractivity contribution in [3.05, 3.63) is 91.6 Å². The van der Waals surface area contributed by atoms with Gasteiger partial charge in [-0.1, -0.05) is 6.07 Å². The molecule has 0 aliphatic carbocycles. The summed E-state index contributed by atoms with van der Waals surface area (Å²) in [4.78, 5) is 29.7. The predicted molar refractivity (Wildman–Crippen MR) is 135 cm³/mol. The average Bonchev–Trinajstić information content (AvgIpc) is 2.90. The van der Waals surface area contributed by atoms with Crippen molar-refractivity contribution in [1.82, 2.24) is 4.98 Å². The van der Waals surface area contributed by atoms with Gasteiger partial charge in [0.05, 0.1) is 22.4 Å². The zero-order chi connectivity index (χ0) is 33.6. The number of amides is 1. The van der Waals surface area contributed by atoms with E-state index in [0.717, 1.165) is 66.2 Å². The van der Waals surface area contributed by atoms with Crippen LogP contribution in [0.2, 0.25) is 0 Å². The molecule has 0 saturated carbocycles. The topological polar surface area (TPSA) is 50.3 Å². The van der Waals surface area contributed by atoms with Crippen molar-refractivity contribution in [2.45, 2.75) is 37.0 Å². The second-order valence-electron chi connectivity index (χ2n) is 9.01. The third-order valence-corrected chi connectivity index (χ3v) is 7.18. The molecule has 2 aromatic carbocycles. The van der Waals surface area contributed by atoms with E-state index in [1.807, 2.05) is 0 Å². The summed E-state index contributed by atoms with van der Waals surface area (Å²) in [5.74, 6) is -3.90. The number of anilines is 1. The van der Waals surface area contributed by atoms with Gasteiger partial charge in [0, 0.05) is 28.8 Å². The van der Waals surface area contributed by atoms with Crippen LogP contribution in [0.1, 0.15) is 49.5 Å². The summed E-state index contributed by atoms with van der Waals surface area (Å²) in [7, 11) is 1.00. The van der Waals surface area contributed by atoms with Crippen molar-refractivity contribution in [1.29, 1.82) is 0 Å². The fourth-order valence-electron chi connectivity index (χ4n) is 3.97. The summed E-state index contributed by atoms with van der Waals surface area (Å²) in [5.41, 5.74) is -14.5. The molecule has 0 unspecified atom stereocenters. The van der Waals surface area contributed by atoms with Gasteiger partial charge in [-0.3, -0.25) is 14.6 Å². The maximum Gasteiger partial charge on any atom is 0.435 e. The molecule has 3 aromatic rings. The minimum atomic E-state index is -6.72. The molecule has 1 amide bonds. The molecule has 0 saturated heterocycles. The molecule has 4 nitrogen and oxygen atoms in total. The highest BCUT2D eigenvalue weighted by atomic mass is 127. The third kappa shape index (κ3) is 6.63. The van der Waals surface area contributed by atoms with E-state index in [9.17, 15) is 62.3 Å². The smallest absolute Gasteiger partial charge is 0.309 e. The van der Waals surface area contributed by atoms with Crippen LogP contribution in [0.4, 0.5) is 62.8 Å². The first kappa shape index (κ1) is 35.0. The fourth-order valence-corrected chi connectivity index (χ4v) is 4.79. The number of Topliss-reactive ketones (excluding diaryl/α,β-unsaturated/α-hetero) is 1. The molecule has 0 N–H and O–H groups in total. The lowest BCUT2D eigenvalue weighted by molar-refractivity contribution is -0.348. The summed E-state index contributed by atoms with van der Waals surface area (Å²) >= 11 is 0.895. The SMILES string of the molecule is CN(C(=O)c1ccc(C(F)F)nc1)c1cccc(C(=O)Cc2c(I)cc(C(F)(C(F)(F)F)C(F)(F)F)cc2C(F)(F)F)c1F. The summed E-state index contributed by atoms with van der Waals surface area (Å²) in [6.45, 7) is 0. The first-order chi connectivity index (χ1) is 20.0. The second-order valence-corrected chi connectivity index (χ2v) is 10.2. The van der Waals surface area contributed by atoms with Gasteiger partial charge in [0.25, 0.3) is 12.3 Å². The van der Waals surface area contributed by atoms with Crippen molar-refractivity contribution < 1.29 is 66.7 Å². The van der Waals surface area contributed by atoms with Gasteiger partial charge >= 0.3 is 24.2 Å². The molecule has 0 spiro atoms. The first-order valence-electron chi connectivity index (χ1n) is 11.6. The second kappa shape index (κ2) is 12.2. The molecule has 1 heterocycles. The molecule has 0 aliphatic rings. The number of benzene rings is 2. The molecule has 0 atom stereocenters. The molecule has 3 rings (SSSR count). The number of carbonyl (C=O) groups excluding carboxylic acids is 2. The quantitative estimate of drug-likeness (QED) is 0.138. The highest BCUT2D eigenvalue weighted by Gasteiger charge is 2.73. The zero-order valence-corrected chi connectivity index (χ0v) is 23.6. The lowest BCUT2D eigenvalue weighted by Gasteiger charge is -2.31. The minimum absolute atomic E-state index is 0.147. The van der Waals surface area contributed by atoms with Gasteiger partial charge in [-0.25, -0.2) is 17.6 Å². The predicted octanol–water partition coefficient (Wildman–Crippen LogP) is 8.77. The van der Waals surface area contributed by atoms with Crippen LogP contribution in [0.15, 0.2) is 48.7 Å². The Hall–Kier alpha value is -3.45. The van der Waals surface area contributed by atoms with Gasteiger partial charge < -0.3 is 4.90 Å². The summed E-state index contributed by atoms with van der Waals surface area (Å²) in [6, 6.07) is 3.69. The molecule has 1 aromatic heterocycles. The lowest BCUT2D eigenvalue weighted by atomic mass is 9.89. The summed E-state index contributed by atoms with van der Waals surface area (Å²) < 4.78 is 175. The van der Waals surface area contributed by atoms with Crippen LogP contribution < -0.4 is 4.90 Å². The zero-order valence-electron chi connectivity index (χ0n) is 21.4. The van der Waals surface area contributed by atoms with E-state index in [2.05, 4.69) is 4.98 Å². The van der Waals surface area contributed by atoms with Crippen LogP contribution in [-0.2, 0) is 18.3 Å². The first-order valence-corrected chi connectivity index (χ1v) is 12.7. The Balaban J connectivity index is 2.04. The highest BCUT2D eigenvalue weighted by Crippen LogP contribution is 2.54. The fraction of sp³-hybridized carbons (Fsp3) is 0.269. The molecular weight excluding hydrogens is 746 g/mol. The van der Waals surface area contributed by atoms with Gasteiger partial charge in [-0.05, 0) is 64.6 Å². The largest absolute Gasteiger partial charge is 0.435 e. The Kier molecular flexibility index (Phi) is 9.67. The highest BCUT2D eigenvalue weighted by molar-refractivity contribution is 14.1. The number of pyridine rings is 1. The lowest BCUT2D eigenvalue weighted by Crippen LogP contribution is -2.50. The van der Waals surface area contributed by atoms with Crippen LogP contribution in [0.3, 0.4) is 0 Å². The van der Waals surface area contributed by atoms with Crippen molar-refractivity contribution >= 4 is 40.0 Å². The van der Waals surface area contributed by atoms with Crippen LogP contribution >= 0.6 is 22.6 Å². The molecule has 0 aliphatic heterocycles. The molecule has 18 heteroatoms. The Labute approximate surface area is 252 Å². The van der Waals surface area contributed by atoms with Crippen molar-refractivity contribution in [2.75, 3.05) is 11.9 Å². The minimum Gasteiger partial charge on any atom is -0.309 e. The Bertz CT molecular complexity index is 1550.